The van der Waals surface area contributed by atoms with E-state index in [9.17, 15) is 4.39 Å². The Bertz CT molecular complexity index is 159. The molecule has 1 heterocycles. The van der Waals surface area contributed by atoms with Crippen molar-refractivity contribution in [1.82, 2.24) is 10.6 Å². The van der Waals surface area contributed by atoms with Crippen LogP contribution in [0, 0.1) is 0 Å². The van der Waals surface area contributed by atoms with Gasteiger partial charge in [-0.15, -0.1) is 0 Å². The SMILES string of the molecule is FC1CCNC1CCNC1CCC1. The second-order valence-electron chi connectivity index (χ2n) is 4.24. The molecular formula is C10H19FN2. The van der Waals surface area contributed by atoms with Crippen LogP contribution in [0.15, 0.2) is 0 Å². The minimum absolute atomic E-state index is 0.118. The Labute approximate surface area is 79.3 Å². The van der Waals surface area contributed by atoms with E-state index in [2.05, 4.69) is 10.6 Å². The third-order valence-corrected chi connectivity index (χ3v) is 3.26. The molecule has 0 radical (unpaired) electrons. The van der Waals surface area contributed by atoms with Crippen LogP contribution in [0.4, 0.5) is 4.39 Å². The Morgan fingerprint density at radius 3 is 2.69 bits per heavy atom. The fraction of sp³-hybridized carbons (Fsp3) is 1.00. The summed E-state index contributed by atoms with van der Waals surface area (Å²) in [6, 6.07) is 0.854. The number of hydrogen-bond donors (Lipinski definition) is 2. The van der Waals surface area contributed by atoms with Crippen LogP contribution in [0.25, 0.3) is 0 Å². The minimum atomic E-state index is -0.608. The van der Waals surface area contributed by atoms with E-state index in [0.29, 0.717) is 6.42 Å². The van der Waals surface area contributed by atoms with E-state index >= 15 is 0 Å². The monoisotopic (exact) mass is 186 g/mol. The molecule has 0 aromatic rings. The summed E-state index contributed by atoms with van der Waals surface area (Å²) in [7, 11) is 0. The lowest BCUT2D eigenvalue weighted by atomic mass is 9.93. The van der Waals surface area contributed by atoms with Crippen molar-refractivity contribution in [2.45, 2.75) is 50.4 Å². The molecule has 76 valence electrons. The van der Waals surface area contributed by atoms with Crippen LogP contribution >= 0.6 is 0 Å². The van der Waals surface area contributed by atoms with Gasteiger partial charge in [-0.05, 0) is 38.8 Å². The maximum atomic E-state index is 13.1. The summed E-state index contributed by atoms with van der Waals surface area (Å²) in [5.74, 6) is 0. The number of rotatable bonds is 4. The third-order valence-electron chi connectivity index (χ3n) is 3.26. The molecular weight excluding hydrogens is 167 g/mol. The van der Waals surface area contributed by atoms with Gasteiger partial charge in [-0.2, -0.15) is 0 Å². The summed E-state index contributed by atoms with van der Waals surface area (Å²) >= 11 is 0. The Kier molecular flexibility index (Phi) is 3.17. The average Bonchev–Trinajstić information content (AvgIpc) is 2.42. The van der Waals surface area contributed by atoms with Gasteiger partial charge in [0.1, 0.15) is 6.17 Å². The Morgan fingerprint density at radius 2 is 2.15 bits per heavy atom. The molecule has 2 atom stereocenters. The fourth-order valence-electron chi connectivity index (χ4n) is 2.07. The molecule has 2 fully saturated rings. The lowest BCUT2D eigenvalue weighted by Gasteiger charge is -2.27. The Hall–Kier alpha value is -0.150. The second kappa shape index (κ2) is 4.38. The average molecular weight is 186 g/mol. The van der Waals surface area contributed by atoms with Crippen molar-refractivity contribution >= 4 is 0 Å². The lowest BCUT2D eigenvalue weighted by molar-refractivity contribution is 0.276. The van der Waals surface area contributed by atoms with Gasteiger partial charge < -0.3 is 10.6 Å². The smallest absolute Gasteiger partial charge is 0.117 e. The first-order valence-corrected chi connectivity index (χ1v) is 5.47. The second-order valence-corrected chi connectivity index (χ2v) is 4.24. The molecule has 3 heteroatoms. The van der Waals surface area contributed by atoms with Crippen molar-refractivity contribution in [3.63, 3.8) is 0 Å². The van der Waals surface area contributed by atoms with Crippen molar-refractivity contribution in [2.75, 3.05) is 13.1 Å². The molecule has 0 aromatic heterocycles. The van der Waals surface area contributed by atoms with Gasteiger partial charge in [0.05, 0.1) is 0 Å². The van der Waals surface area contributed by atoms with Gasteiger partial charge in [-0.1, -0.05) is 6.42 Å². The highest BCUT2D eigenvalue weighted by molar-refractivity contribution is 4.85. The van der Waals surface area contributed by atoms with E-state index in [1.807, 2.05) is 0 Å². The molecule has 2 nitrogen and oxygen atoms in total. The maximum Gasteiger partial charge on any atom is 0.117 e. The molecule has 0 aromatic carbocycles. The highest BCUT2D eigenvalue weighted by atomic mass is 19.1. The maximum absolute atomic E-state index is 13.1. The zero-order valence-electron chi connectivity index (χ0n) is 8.06. The van der Waals surface area contributed by atoms with Crippen LogP contribution in [0.5, 0.6) is 0 Å². The molecule has 2 N–H and O–H groups in total. The van der Waals surface area contributed by atoms with E-state index in [-0.39, 0.29) is 6.04 Å². The zero-order chi connectivity index (χ0) is 9.10. The van der Waals surface area contributed by atoms with Crippen molar-refractivity contribution in [3.8, 4) is 0 Å². The van der Waals surface area contributed by atoms with Crippen LogP contribution < -0.4 is 10.6 Å². The third kappa shape index (κ3) is 2.41. The van der Waals surface area contributed by atoms with Crippen LogP contribution in [-0.4, -0.2) is 31.3 Å². The zero-order valence-corrected chi connectivity index (χ0v) is 8.06. The molecule has 2 rings (SSSR count). The predicted molar refractivity (Wildman–Crippen MR) is 51.6 cm³/mol. The first-order chi connectivity index (χ1) is 6.36. The molecule has 0 spiro atoms. The first-order valence-electron chi connectivity index (χ1n) is 5.47. The minimum Gasteiger partial charge on any atom is -0.314 e. The van der Waals surface area contributed by atoms with Crippen LogP contribution in [-0.2, 0) is 0 Å². The van der Waals surface area contributed by atoms with Crippen molar-refractivity contribution in [1.29, 1.82) is 0 Å². The molecule has 1 aliphatic heterocycles. The van der Waals surface area contributed by atoms with Crippen LogP contribution in [0.1, 0.15) is 32.1 Å². The van der Waals surface area contributed by atoms with Gasteiger partial charge in [-0.25, -0.2) is 4.39 Å². The van der Waals surface area contributed by atoms with E-state index in [1.165, 1.54) is 19.3 Å². The van der Waals surface area contributed by atoms with E-state index in [4.69, 9.17) is 0 Å². The summed E-state index contributed by atoms with van der Waals surface area (Å²) in [4.78, 5) is 0. The quantitative estimate of drug-likeness (QED) is 0.690. The summed E-state index contributed by atoms with van der Waals surface area (Å²) in [5, 5.41) is 6.66. The molecule has 0 amide bonds. The molecule has 1 saturated carbocycles. The molecule has 2 unspecified atom stereocenters. The fourth-order valence-corrected chi connectivity index (χ4v) is 2.07. The topological polar surface area (TPSA) is 24.1 Å². The molecule has 13 heavy (non-hydrogen) atoms. The standard InChI is InChI=1S/C10H19FN2/c11-9-4-6-13-10(9)5-7-12-8-2-1-3-8/h8-10,12-13H,1-7H2. The first kappa shape index (κ1) is 9.41. The number of nitrogens with one attached hydrogen (secondary N) is 2. The van der Waals surface area contributed by atoms with Crippen LogP contribution in [0.3, 0.4) is 0 Å². The summed E-state index contributed by atoms with van der Waals surface area (Å²) in [6.45, 7) is 1.83. The van der Waals surface area contributed by atoms with Crippen molar-refractivity contribution < 1.29 is 4.39 Å². The predicted octanol–water partition coefficient (Wildman–Crippen LogP) is 1.22. The summed E-state index contributed by atoms with van der Waals surface area (Å²) in [5.41, 5.74) is 0. The van der Waals surface area contributed by atoms with E-state index in [0.717, 1.165) is 25.6 Å². The van der Waals surface area contributed by atoms with Crippen molar-refractivity contribution in [3.05, 3.63) is 0 Å². The largest absolute Gasteiger partial charge is 0.314 e. The molecule has 2 aliphatic rings. The number of alkyl halides is 1. The molecule has 0 bridgehead atoms. The Morgan fingerprint density at radius 1 is 1.31 bits per heavy atom. The van der Waals surface area contributed by atoms with Gasteiger partial charge in [0.2, 0.25) is 0 Å². The highest BCUT2D eigenvalue weighted by Gasteiger charge is 2.26. The van der Waals surface area contributed by atoms with Crippen LogP contribution in [0.2, 0.25) is 0 Å². The van der Waals surface area contributed by atoms with Gasteiger partial charge in [0.15, 0.2) is 0 Å². The number of hydrogen-bond acceptors (Lipinski definition) is 2. The van der Waals surface area contributed by atoms with Gasteiger partial charge in [0.25, 0.3) is 0 Å². The van der Waals surface area contributed by atoms with E-state index in [1.54, 1.807) is 0 Å². The summed E-state index contributed by atoms with van der Waals surface area (Å²) < 4.78 is 13.1. The normalized spacial score (nSPS) is 34.8. The highest BCUT2D eigenvalue weighted by Crippen LogP contribution is 2.18. The Balaban J connectivity index is 1.56. The number of halogens is 1. The molecule has 1 aliphatic carbocycles. The lowest BCUT2D eigenvalue weighted by Crippen LogP contribution is -2.39. The van der Waals surface area contributed by atoms with Gasteiger partial charge >= 0.3 is 0 Å². The van der Waals surface area contributed by atoms with Crippen molar-refractivity contribution in [2.24, 2.45) is 0 Å². The summed E-state index contributed by atoms with van der Waals surface area (Å²) in [6.07, 6.45) is 5.04. The van der Waals surface area contributed by atoms with Gasteiger partial charge in [-0.3, -0.25) is 0 Å². The van der Waals surface area contributed by atoms with E-state index < -0.39 is 6.17 Å². The molecule has 1 saturated heterocycles. The van der Waals surface area contributed by atoms with Gasteiger partial charge in [0, 0.05) is 12.1 Å².